The Labute approximate surface area is 154 Å². The molecule has 0 unspecified atom stereocenters. The van der Waals surface area contributed by atoms with Crippen molar-refractivity contribution in [2.45, 2.75) is 37.6 Å². The Kier molecular flexibility index (Phi) is 7.17. The van der Waals surface area contributed by atoms with Gasteiger partial charge in [0.1, 0.15) is 24.4 Å². The molecule has 2 aromatic rings. The zero-order valence-corrected chi connectivity index (χ0v) is 15.0. The molecule has 2 aromatic carbocycles. The molecule has 3 rings (SSSR count). The summed E-state index contributed by atoms with van der Waals surface area (Å²) in [7, 11) is 1.64. The van der Waals surface area contributed by atoms with Crippen LogP contribution < -0.4 is 0 Å². The highest BCUT2D eigenvalue weighted by Crippen LogP contribution is 2.25. The summed E-state index contributed by atoms with van der Waals surface area (Å²) >= 11 is 0. The lowest BCUT2D eigenvalue weighted by molar-refractivity contribution is -0.234. The first kappa shape index (κ1) is 19.0. The molecule has 1 aliphatic heterocycles. The fraction of sp³-hybridized carbons (Fsp3) is 0.429. The normalized spacial score (nSPS) is 25.9. The van der Waals surface area contributed by atoms with E-state index in [0.29, 0.717) is 19.8 Å². The van der Waals surface area contributed by atoms with Crippen molar-refractivity contribution in [3.05, 3.63) is 71.8 Å². The number of ether oxygens (including phenoxy) is 4. The van der Waals surface area contributed by atoms with Gasteiger partial charge in [-0.25, -0.2) is 0 Å². The Bertz CT molecular complexity index is 633. The molecule has 0 spiro atoms. The van der Waals surface area contributed by atoms with Gasteiger partial charge in [0.2, 0.25) is 0 Å². The van der Waals surface area contributed by atoms with E-state index in [4.69, 9.17) is 18.9 Å². The van der Waals surface area contributed by atoms with Crippen molar-refractivity contribution in [1.82, 2.24) is 0 Å². The first-order valence-electron chi connectivity index (χ1n) is 8.88. The van der Waals surface area contributed by atoms with Crippen LogP contribution in [-0.4, -0.2) is 49.8 Å². The molecule has 0 bridgehead atoms. The van der Waals surface area contributed by atoms with Gasteiger partial charge in [0.15, 0.2) is 0 Å². The maximum absolute atomic E-state index is 9.66. The van der Waals surface area contributed by atoms with Gasteiger partial charge in [-0.1, -0.05) is 60.7 Å². The van der Waals surface area contributed by atoms with Gasteiger partial charge in [0.05, 0.1) is 26.4 Å². The lowest BCUT2D eigenvalue weighted by Crippen LogP contribution is -2.56. The Morgan fingerprint density at radius 2 is 1.46 bits per heavy atom. The summed E-state index contributed by atoms with van der Waals surface area (Å²) in [5.41, 5.74) is 2.15. The summed E-state index contributed by atoms with van der Waals surface area (Å²) in [6.45, 7) is 1.15. The van der Waals surface area contributed by atoms with Crippen LogP contribution in [0.25, 0.3) is 0 Å². The molecule has 0 aliphatic carbocycles. The van der Waals surface area contributed by atoms with Crippen LogP contribution in [-0.2, 0) is 32.2 Å². The molecule has 0 saturated carbocycles. The molecular weight excluding hydrogens is 332 g/mol. The Morgan fingerprint density at radius 1 is 0.885 bits per heavy atom. The second-order valence-corrected chi connectivity index (χ2v) is 6.35. The lowest BCUT2D eigenvalue weighted by Gasteiger charge is -2.41. The zero-order chi connectivity index (χ0) is 18.2. The number of aliphatic hydroxyl groups is 1. The molecule has 5 heteroatoms. The standard InChI is InChI=1S/C21H26O5/c1-23-20-19(24-13-16-8-4-2-5-9-16)15-25-18(12-22)21(20)26-14-17-10-6-3-7-11-17/h2-11,18-22H,12-15H2,1H3/t18-,19+,20-,21-/m0/s1. The summed E-state index contributed by atoms with van der Waals surface area (Å²) in [6.07, 6.45) is -1.41. The van der Waals surface area contributed by atoms with Crippen LogP contribution in [0.2, 0.25) is 0 Å². The van der Waals surface area contributed by atoms with E-state index < -0.39 is 12.2 Å². The molecule has 1 N–H and O–H groups in total. The van der Waals surface area contributed by atoms with Crippen LogP contribution in [0.15, 0.2) is 60.7 Å². The van der Waals surface area contributed by atoms with E-state index in [1.165, 1.54) is 0 Å². The second kappa shape index (κ2) is 9.80. The van der Waals surface area contributed by atoms with Crippen LogP contribution in [0.3, 0.4) is 0 Å². The van der Waals surface area contributed by atoms with Gasteiger partial charge in [-0.05, 0) is 11.1 Å². The molecule has 1 heterocycles. The summed E-state index contributed by atoms with van der Waals surface area (Å²) < 4.78 is 23.6. The zero-order valence-electron chi connectivity index (χ0n) is 15.0. The molecule has 1 aliphatic rings. The van der Waals surface area contributed by atoms with E-state index >= 15 is 0 Å². The Morgan fingerprint density at radius 3 is 2.00 bits per heavy atom. The van der Waals surface area contributed by atoms with Gasteiger partial charge in [-0.15, -0.1) is 0 Å². The van der Waals surface area contributed by atoms with Gasteiger partial charge in [-0.2, -0.15) is 0 Å². The molecule has 4 atom stereocenters. The maximum atomic E-state index is 9.66. The van der Waals surface area contributed by atoms with Gasteiger partial charge in [0, 0.05) is 7.11 Å². The number of rotatable bonds is 8. The van der Waals surface area contributed by atoms with Crippen molar-refractivity contribution < 1.29 is 24.1 Å². The Balaban J connectivity index is 1.64. The van der Waals surface area contributed by atoms with Crippen molar-refractivity contribution in [3.63, 3.8) is 0 Å². The van der Waals surface area contributed by atoms with Gasteiger partial charge >= 0.3 is 0 Å². The molecule has 0 aromatic heterocycles. The molecule has 1 saturated heterocycles. The SMILES string of the molecule is CO[C@@H]1[C@@H](OCc2ccccc2)[C@H](CO)OC[C@H]1OCc1ccccc1. The Hall–Kier alpha value is -1.76. The number of methoxy groups -OCH3 is 1. The van der Waals surface area contributed by atoms with Gasteiger partial charge in [-0.3, -0.25) is 0 Å². The van der Waals surface area contributed by atoms with E-state index in [2.05, 4.69) is 0 Å². The first-order chi connectivity index (χ1) is 12.8. The van der Waals surface area contributed by atoms with E-state index in [0.717, 1.165) is 11.1 Å². The average Bonchev–Trinajstić information content (AvgIpc) is 2.71. The molecule has 0 amide bonds. The van der Waals surface area contributed by atoms with Gasteiger partial charge in [0.25, 0.3) is 0 Å². The van der Waals surface area contributed by atoms with E-state index in [-0.39, 0.29) is 18.8 Å². The van der Waals surface area contributed by atoms with Crippen molar-refractivity contribution >= 4 is 0 Å². The van der Waals surface area contributed by atoms with Crippen molar-refractivity contribution in [2.75, 3.05) is 20.3 Å². The molecular formula is C21H26O5. The highest BCUT2D eigenvalue weighted by molar-refractivity contribution is 5.14. The minimum atomic E-state index is -0.430. The van der Waals surface area contributed by atoms with Crippen molar-refractivity contribution in [3.8, 4) is 0 Å². The van der Waals surface area contributed by atoms with Crippen LogP contribution in [0.4, 0.5) is 0 Å². The quantitative estimate of drug-likeness (QED) is 0.786. The minimum Gasteiger partial charge on any atom is -0.394 e. The molecule has 5 nitrogen and oxygen atoms in total. The van der Waals surface area contributed by atoms with Crippen LogP contribution in [0.1, 0.15) is 11.1 Å². The van der Waals surface area contributed by atoms with E-state index in [9.17, 15) is 5.11 Å². The van der Waals surface area contributed by atoms with Crippen molar-refractivity contribution in [1.29, 1.82) is 0 Å². The fourth-order valence-corrected chi connectivity index (χ4v) is 3.16. The smallest absolute Gasteiger partial charge is 0.115 e. The minimum absolute atomic E-state index is 0.120. The lowest BCUT2D eigenvalue weighted by atomic mass is 9.99. The van der Waals surface area contributed by atoms with Crippen molar-refractivity contribution in [2.24, 2.45) is 0 Å². The molecule has 1 fully saturated rings. The fourth-order valence-electron chi connectivity index (χ4n) is 3.16. The molecule has 26 heavy (non-hydrogen) atoms. The van der Waals surface area contributed by atoms with E-state index in [1.807, 2.05) is 60.7 Å². The van der Waals surface area contributed by atoms with Gasteiger partial charge < -0.3 is 24.1 Å². The number of benzene rings is 2. The summed E-state index contributed by atoms with van der Waals surface area (Å²) in [6, 6.07) is 19.9. The number of hydrogen-bond donors (Lipinski definition) is 1. The predicted molar refractivity (Wildman–Crippen MR) is 97.7 cm³/mol. The number of aliphatic hydroxyl groups excluding tert-OH is 1. The molecule has 0 radical (unpaired) electrons. The largest absolute Gasteiger partial charge is 0.394 e. The predicted octanol–water partition coefficient (Wildman–Crippen LogP) is 2.56. The third-order valence-corrected chi connectivity index (χ3v) is 4.58. The molecule has 140 valence electrons. The highest BCUT2D eigenvalue weighted by Gasteiger charge is 2.42. The monoisotopic (exact) mass is 358 g/mol. The van der Waals surface area contributed by atoms with Crippen LogP contribution in [0, 0.1) is 0 Å². The second-order valence-electron chi connectivity index (χ2n) is 6.35. The topological polar surface area (TPSA) is 57.2 Å². The first-order valence-corrected chi connectivity index (χ1v) is 8.88. The number of hydrogen-bond acceptors (Lipinski definition) is 5. The third kappa shape index (κ3) is 4.90. The van der Waals surface area contributed by atoms with E-state index in [1.54, 1.807) is 7.11 Å². The maximum Gasteiger partial charge on any atom is 0.115 e. The average molecular weight is 358 g/mol. The summed E-state index contributed by atoms with van der Waals surface area (Å²) in [4.78, 5) is 0. The summed E-state index contributed by atoms with van der Waals surface area (Å²) in [5.74, 6) is 0. The highest BCUT2D eigenvalue weighted by atomic mass is 16.6. The van der Waals surface area contributed by atoms with Crippen LogP contribution >= 0.6 is 0 Å². The van der Waals surface area contributed by atoms with Crippen LogP contribution in [0.5, 0.6) is 0 Å². The summed E-state index contributed by atoms with van der Waals surface area (Å²) in [5, 5.41) is 9.66. The third-order valence-electron chi connectivity index (χ3n) is 4.58.